The molecular weight excluding hydrogens is 110 g/mol. The molecule has 0 aliphatic carbocycles. The number of hydrogen-bond donors (Lipinski definition) is 1. The molecule has 1 atom stereocenters. The molecule has 0 aromatic rings. The van der Waals surface area contributed by atoms with E-state index in [9.17, 15) is 0 Å². The van der Waals surface area contributed by atoms with Crippen LogP contribution in [-0.4, -0.2) is 13.1 Å². The van der Waals surface area contributed by atoms with Gasteiger partial charge in [0.2, 0.25) is 0 Å². The smallest absolute Gasteiger partial charge is 0.00428 e. The summed E-state index contributed by atoms with van der Waals surface area (Å²) < 4.78 is 0. The Balaban J connectivity index is 2.61. The average Bonchev–Trinajstić information content (AvgIpc) is 2.16. The van der Waals surface area contributed by atoms with Crippen LogP contribution in [-0.2, 0) is 0 Å². The summed E-state index contributed by atoms with van der Waals surface area (Å²) in [4.78, 5) is 0. The van der Waals surface area contributed by atoms with E-state index in [2.05, 4.69) is 25.7 Å². The maximum absolute atomic E-state index is 3.97. The van der Waals surface area contributed by atoms with Crippen molar-refractivity contribution in [3.63, 3.8) is 0 Å². The van der Waals surface area contributed by atoms with Gasteiger partial charge in [0.25, 0.3) is 0 Å². The predicted molar refractivity (Wildman–Crippen MR) is 40.4 cm³/mol. The molecule has 1 rings (SSSR count). The van der Waals surface area contributed by atoms with Crippen molar-refractivity contribution in [2.24, 2.45) is 5.41 Å². The van der Waals surface area contributed by atoms with Gasteiger partial charge in [0, 0.05) is 12.0 Å². The Kier molecular flexibility index (Phi) is 1.62. The van der Waals surface area contributed by atoms with E-state index >= 15 is 0 Å². The van der Waals surface area contributed by atoms with Crippen molar-refractivity contribution in [1.29, 1.82) is 0 Å². The molecule has 0 spiro atoms. The van der Waals surface area contributed by atoms with Crippen LogP contribution in [0.1, 0.15) is 20.3 Å². The third-order valence-corrected chi connectivity index (χ3v) is 2.40. The van der Waals surface area contributed by atoms with Crippen LogP contribution >= 0.6 is 0 Å². The predicted octanol–water partition coefficient (Wildman–Crippen LogP) is 1.56. The fourth-order valence-electron chi connectivity index (χ4n) is 1.18. The van der Waals surface area contributed by atoms with Gasteiger partial charge in [-0.1, -0.05) is 19.1 Å². The van der Waals surface area contributed by atoms with Gasteiger partial charge in [-0.2, -0.15) is 0 Å². The highest BCUT2D eigenvalue weighted by atomic mass is 14.9. The second kappa shape index (κ2) is 2.14. The molecule has 0 aromatic heterocycles. The summed E-state index contributed by atoms with van der Waals surface area (Å²) in [5, 5.41) is 3.33. The Hall–Kier alpha value is -0.300. The molecule has 1 N–H and O–H groups in total. The Morgan fingerprint density at radius 1 is 1.67 bits per heavy atom. The lowest BCUT2D eigenvalue weighted by atomic mass is 9.83. The zero-order valence-electron chi connectivity index (χ0n) is 6.33. The molecule has 1 nitrogen and oxygen atoms in total. The summed E-state index contributed by atoms with van der Waals surface area (Å²) >= 11 is 0. The standard InChI is InChI=1S/C8H15N/c1-7(2)8(3)4-5-9-6-8/h9H,1,4-6H2,2-3H3. The molecule has 1 heterocycles. The number of nitrogens with one attached hydrogen (secondary N) is 1. The largest absolute Gasteiger partial charge is 0.316 e. The van der Waals surface area contributed by atoms with E-state index in [-0.39, 0.29) is 0 Å². The molecule has 0 saturated carbocycles. The molecule has 1 aliphatic rings. The first-order valence-corrected chi connectivity index (χ1v) is 3.52. The minimum atomic E-state index is 0.389. The van der Waals surface area contributed by atoms with E-state index in [4.69, 9.17) is 0 Å². The van der Waals surface area contributed by atoms with Crippen LogP contribution in [0.15, 0.2) is 12.2 Å². The summed E-state index contributed by atoms with van der Waals surface area (Å²) in [5.41, 5.74) is 1.70. The topological polar surface area (TPSA) is 12.0 Å². The molecular formula is C8H15N. The van der Waals surface area contributed by atoms with E-state index in [0.29, 0.717) is 5.41 Å². The second-order valence-corrected chi connectivity index (χ2v) is 3.27. The van der Waals surface area contributed by atoms with E-state index in [1.54, 1.807) is 0 Å². The van der Waals surface area contributed by atoms with Crippen molar-refractivity contribution < 1.29 is 0 Å². The maximum atomic E-state index is 3.97. The fourth-order valence-corrected chi connectivity index (χ4v) is 1.18. The first kappa shape index (κ1) is 6.81. The van der Waals surface area contributed by atoms with E-state index in [0.717, 1.165) is 13.1 Å². The van der Waals surface area contributed by atoms with Gasteiger partial charge in [-0.05, 0) is 19.9 Å². The molecule has 9 heavy (non-hydrogen) atoms. The van der Waals surface area contributed by atoms with Gasteiger partial charge < -0.3 is 5.32 Å². The molecule has 0 bridgehead atoms. The lowest BCUT2D eigenvalue weighted by Gasteiger charge is -2.22. The highest BCUT2D eigenvalue weighted by Gasteiger charge is 2.28. The molecule has 1 unspecified atom stereocenters. The van der Waals surface area contributed by atoms with Gasteiger partial charge >= 0.3 is 0 Å². The highest BCUT2D eigenvalue weighted by Crippen LogP contribution is 2.31. The van der Waals surface area contributed by atoms with Crippen molar-refractivity contribution >= 4 is 0 Å². The number of hydrogen-bond acceptors (Lipinski definition) is 1. The van der Waals surface area contributed by atoms with Crippen LogP contribution in [0.5, 0.6) is 0 Å². The summed E-state index contributed by atoms with van der Waals surface area (Å²) in [7, 11) is 0. The summed E-state index contributed by atoms with van der Waals surface area (Å²) in [5.74, 6) is 0. The molecule has 52 valence electrons. The second-order valence-electron chi connectivity index (χ2n) is 3.27. The van der Waals surface area contributed by atoms with E-state index < -0.39 is 0 Å². The lowest BCUT2D eigenvalue weighted by molar-refractivity contribution is 0.447. The Morgan fingerprint density at radius 2 is 2.33 bits per heavy atom. The SMILES string of the molecule is C=C(C)C1(C)CCNC1. The van der Waals surface area contributed by atoms with E-state index in [1.807, 2.05) is 0 Å². The van der Waals surface area contributed by atoms with Crippen molar-refractivity contribution in [2.45, 2.75) is 20.3 Å². The molecule has 0 radical (unpaired) electrons. The van der Waals surface area contributed by atoms with Crippen LogP contribution in [0.4, 0.5) is 0 Å². The Labute approximate surface area is 57.1 Å². The van der Waals surface area contributed by atoms with Gasteiger partial charge in [0.05, 0.1) is 0 Å². The number of rotatable bonds is 1. The van der Waals surface area contributed by atoms with Gasteiger partial charge in [0.15, 0.2) is 0 Å². The minimum absolute atomic E-state index is 0.389. The van der Waals surface area contributed by atoms with Crippen molar-refractivity contribution in [1.82, 2.24) is 5.32 Å². The van der Waals surface area contributed by atoms with Crippen LogP contribution in [0.2, 0.25) is 0 Å². The summed E-state index contributed by atoms with van der Waals surface area (Å²) in [6.07, 6.45) is 1.25. The monoisotopic (exact) mass is 125 g/mol. The summed E-state index contributed by atoms with van der Waals surface area (Å²) in [6.45, 7) is 10.6. The Morgan fingerprint density at radius 3 is 2.56 bits per heavy atom. The molecule has 1 saturated heterocycles. The van der Waals surface area contributed by atoms with Crippen LogP contribution in [0, 0.1) is 5.41 Å². The maximum Gasteiger partial charge on any atom is 0.00428 e. The van der Waals surface area contributed by atoms with Crippen LogP contribution in [0.3, 0.4) is 0 Å². The van der Waals surface area contributed by atoms with Gasteiger partial charge in [-0.15, -0.1) is 0 Å². The van der Waals surface area contributed by atoms with E-state index in [1.165, 1.54) is 12.0 Å². The third-order valence-electron chi connectivity index (χ3n) is 2.40. The average molecular weight is 125 g/mol. The zero-order chi connectivity index (χ0) is 6.91. The van der Waals surface area contributed by atoms with Gasteiger partial charge in [0.1, 0.15) is 0 Å². The van der Waals surface area contributed by atoms with Gasteiger partial charge in [-0.25, -0.2) is 0 Å². The lowest BCUT2D eigenvalue weighted by Crippen LogP contribution is -2.20. The van der Waals surface area contributed by atoms with Crippen molar-refractivity contribution in [3.8, 4) is 0 Å². The normalized spacial score (nSPS) is 34.9. The molecule has 0 aromatic carbocycles. The van der Waals surface area contributed by atoms with Crippen LogP contribution < -0.4 is 5.32 Å². The highest BCUT2D eigenvalue weighted by molar-refractivity contribution is 5.08. The first-order chi connectivity index (χ1) is 4.15. The minimum Gasteiger partial charge on any atom is -0.316 e. The molecule has 1 aliphatic heterocycles. The van der Waals surface area contributed by atoms with Gasteiger partial charge in [-0.3, -0.25) is 0 Å². The first-order valence-electron chi connectivity index (χ1n) is 3.52. The zero-order valence-corrected chi connectivity index (χ0v) is 6.33. The molecule has 0 amide bonds. The fraction of sp³-hybridized carbons (Fsp3) is 0.750. The molecule has 1 heteroatoms. The van der Waals surface area contributed by atoms with Crippen molar-refractivity contribution in [3.05, 3.63) is 12.2 Å². The third kappa shape index (κ3) is 1.16. The quantitative estimate of drug-likeness (QED) is 0.524. The van der Waals surface area contributed by atoms with Crippen LogP contribution in [0.25, 0.3) is 0 Å². The Bertz CT molecular complexity index is 121. The molecule has 1 fully saturated rings. The van der Waals surface area contributed by atoms with Crippen molar-refractivity contribution in [2.75, 3.05) is 13.1 Å². The summed E-state index contributed by atoms with van der Waals surface area (Å²) in [6, 6.07) is 0.